The maximum atomic E-state index is 13.5. The number of hydrogen-bond donors (Lipinski definition) is 3. The van der Waals surface area contributed by atoms with Crippen LogP contribution in [0.1, 0.15) is 5.56 Å². The van der Waals surface area contributed by atoms with Gasteiger partial charge in [-0.1, -0.05) is 5.16 Å². The normalized spacial score (nSPS) is 12.4. The van der Waals surface area contributed by atoms with Crippen LogP contribution in [0.3, 0.4) is 0 Å². The number of aryl methyl sites for hydroxylation is 1. The Morgan fingerprint density at radius 3 is 2.81 bits per heavy atom. The Morgan fingerprint density at radius 1 is 1.52 bits per heavy atom. The zero-order chi connectivity index (χ0) is 15.6. The fraction of sp³-hybridized carbons (Fsp3) is 0.0909. The summed E-state index contributed by atoms with van der Waals surface area (Å²) in [6, 6.07) is 3.33. The van der Waals surface area contributed by atoms with Crippen molar-refractivity contribution >= 4 is 21.5 Å². The van der Waals surface area contributed by atoms with Crippen LogP contribution in [-0.2, 0) is 17.1 Å². The molecule has 1 aromatic heterocycles. The summed E-state index contributed by atoms with van der Waals surface area (Å²) >= 11 is 0. The molecule has 1 heterocycles. The van der Waals surface area contributed by atoms with Crippen molar-refractivity contribution in [2.24, 2.45) is 17.9 Å². The van der Waals surface area contributed by atoms with E-state index in [4.69, 9.17) is 10.9 Å². The van der Waals surface area contributed by atoms with E-state index >= 15 is 0 Å². The summed E-state index contributed by atoms with van der Waals surface area (Å²) in [6.45, 7) is 0. The van der Waals surface area contributed by atoms with Gasteiger partial charge in [-0.25, -0.2) is 9.37 Å². The van der Waals surface area contributed by atoms with Gasteiger partial charge in [0.25, 0.3) is 10.0 Å². The first-order valence-corrected chi connectivity index (χ1v) is 7.10. The maximum Gasteiger partial charge on any atom is 0.280 e. The lowest BCUT2D eigenvalue weighted by Crippen LogP contribution is -2.17. The van der Waals surface area contributed by atoms with Crippen LogP contribution >= 0.6 is 0 Å². The van der Waals surface area contributed by atoms with Gasteiger partial charge in [-0.05, 0) is 18.2 Å². The number of hydrogen-bond acceptors (Lipinski definition) is 5. The van der Waals surface area contributed by atoms with Crippen LogP contribution in [0.2, 0.25) is 0 Å². The molecular formula is C11H12FN5O3S. The Labute approximate surface area is 119 Å². The summed E-state index contributed by atoms with van der Waals surface area (Å²) in [5.74, 6) is -1.21. The molecule has 0 aliphatic carbocycles. The van der Waals surface area contributed by atoms with Gasteiger partial charge in [-0.15, -0.1) is 0 Å². The molecule has 0 amide bonds. The van der Waals surface area contributed by atoms with Gasteiger partial charge >= 0.3 is 0 Å². The molecule has 0 fully saturated rings. The van der Waals surface area contributed by atoms with E-state index in [9.17, 15) is 12.8 Å². The maximum absolute atomic E-state index is 13.5. The number of aromatic nitrogens is 2. The SMILES string of the molecule is Cn1cnc(S(=O)(=O)Nc2ccc(F)c(C(N)=NO)c2)c1. The minimum Gasteiger partial charge on any atom is -0.409 e. The van der Waals surface area contributed by atoms with Crippen LogP contribution in [0.4, 0.5) is 10.1 Å². The van der Waals surface area contributed by atoms with E-state index in [1.54, 1.807) is 7.05 Å². The van der Waals surface area contributed by atoms with Crippen molar-refractivity contribution in [2.75, 3.05) is 4.72 Å². The summed E-state index contributed by atoms with van der Waals surface area (Å²) in [4.78, 5) is 3.72. The Bertz CT molecular complexity index is 800. The molecule has 0 aliphatic rings. The van der Waals surface area contributed by atoms with Gasteiger partial charge in [0.2, 0.25) is 0 Å². The van der Waals surface area contributed by atoms with Crippen LogP contribution in [0.25, 0.3) is 0 Å². The van der Waals surface area contributed by atoms with Crippen LogP contribution in [0.15, 0.2) is 40.9 Å². The first-order chi connectivity index (χ1) is 9.83. The molecule has 0 aliphatic heterocycles. The van der Waals surface area contributed by atoms with Gasteiger partial charge < -0.3 is 15.5 Å². The Kier molecular flexibility index (Phi) is 3.80. The molecule has 1 aromatic carbocycles. The molecule has 4 N–H and O–H groups in total. The third-order valence-electron chi connectivity index (χ3n) is 2.56. The number of imidazole rings is 1. The van der Waals surface area contributed by atoms with Gasteiger partial charge in [-0.3, -0.25) is 4.72 Å². The third-order valence-corrected chi connectivity index (χ3v) is 3.82. The van der Waals surface area contributed by atoms with Crippen molar-refractivity contribution in [3.63, 3.8) is 0 Å². The zero-order valence-corrected chi connectivity index (χ0v) is 11.7. The molecule has 0 bridgehead atoms. The minimum absolute atomic E-state index is 0.0589. The van der Waals surface area contributed by atoms with Crippen molar-refractivity contribution in [3.05, 3.63) is 42.1 Å². The number of nitrogens with zero attached hydrogens (tertiary/aromatic N) is 3. The average molecular weight is 313 g/mol. The van der Waals surface area contributed by atoms with Crippen molar-refractivity contribution < 1.29 is 18.0 Å². The highest BCUT2D eigenvalue weighted by atomic mass is 32.2. The third kappa shape index (κ3) is 3.11. The monoisotopic (exact) mass is 313 g/mol. The number of nitrogens with two attached hydrogens (primary N) is 1. The molecule has 2 rings (SSSR count). The molecule has 21 heavy (non-hydrogen) atoms. The highest BCUT2D eigenvalue weighted by Gasteiger charge is 2.18. The second-order valence-corrected chi connectivity index (χ2v) is 5.79. The lowest BCUT2D eigenvalue weighted by Gasteiger charge is -2.08. The van der Waals surface area contributed by atoms with Gasteiger partial charge in [-0.2, -0.15) is 8.42 Å². The van der Waals surface area contributed by atoms with Crippen LogP contribution in [0, 0.1) is 5.82 Å². The van der Waals surface area contributed by atoms with E-state index in [2.05, 4.69) is 14.9 Å². The summed E-state index contributed by atoms with van der Waals surface area (Å²) in [6.07, 6.45) is 2.65. The summed E-state index contributed by atoms with van der Waals surface area (Å²) in [7, 11) is -2.28. The highest BCUT2D eigenvalue weighted by Crippen LogP contribution is 2.18. The quantitative estimate of drug-likeness (QED) is 0.327. The fourth-order valence-electron chi connectivity index (χ4n) is 1.57. The minimum atomic E-state index is -3.90. The standard InChI is InChI=1S/C11H12FN5O3S/c1-17-5-10(14-6-17)21(19,20)16-7-2-3-9(12)8(4-7)11(13)15-18/h2-6,16,18H,1H3,(H2,13,15). The molecule has 112 valence electrons. The Balaban J connectivity index is 2.36. The lowest BCUT2D eigenvalue weighted by molar-refractivity contribution is 0.318. The van der Waals surface area contributed by atoms with Crippen molar-refractivity contribution in [3.8, 4) is 0 Å². The molecule has 0 radical (unpaired) electrons. The molecule has 0 atom stereocenters. The van der Waals surface area contributed by atoms with Gasteiger partial charge in [0, 0.05) is 18.9 Å². The average Bonchev–Trinajstić information content (AvgIpc) is 2.87. The first kappa shape index (κ1) is 14.8. The van der Waals surface area contributed by atoms with Crippen molar-refractivity contribution in [2.45, 2.75) is 5.03 Å². The second kappa shape index (κ2) is 5.40. The van der Waals surface area contributed by atoms with Gasteiger partial charge in [0.15, 0.2) is 10.9 Å². The number of rotatable bonds is 4. The molecule has 0 unspecified atom stereocenters. The Morgan fingerprint density at radius 2 is 2.24 bits per heavy atom. The number of sulfonamides is 1. The first-order valence-electron chi connectivity index (χ1n) is 5.61. The summed E-state index contributed by atoms with van der Waals surface area (Å²) < 4.78 is 41.3. The molecule has 0 spiro atoms. The van der Waals surface area contributed by atoms with E-state index in [1.807, 2.05) is 0 Å². The molecular weight excluding hydrogens is 301 g/mol. The van der Waals surface area contributed by atoms with Crippen LogP contribution in [0.5, 0.6) is 0 Å². The smallest absolute Gasteiger partial charge is 0.280 e. The second-order valence-electron chi connectivity index (χ2n) is 4.16. The van der Waals surface area contributed by atoms with Crippen molar-refractivity contribution in [1.82, 2.24) is 9.55 Å². The molecule has 10 heteroatoms. The number of anilines is 1. The Hall–Kier alpha value is -2.62. The number of nitrogens with one attached hydrogen (secondary N) is 1. The summed E-state index contributed by atoms with van der Waals surface area (Å²) in [5.41, 5.74) is 5.14. The zero-order valence-electron chi connectivity index (χ0n) is 10.9. The predicted octanol–water partition coefficient (Wildman–Crippen LogP) is 0.454. The van der Waals surface area contributed by atoms with Crippen molar-refractivity contribution in [1.29, 1.82) is 0 Å². The van der Waals surface area contributed by atoms with E-state index in [-0.39, 0.29) is 16.3 Å². The van der Waals surface area contributed by atoms with Crippen LogP contribution < -0.4 is 10.5 Å². The number of oxime groups is 1. The van der Waals surface area contributed by atoms with Gasteiger partial charge in [0.05, 0.1) is 11.9 Å². The number of halogens is 1. The molecule has 0 saturated carbocycles. The largest absolute Gasteiger partial charge is 0.409 e. The number of benzene rings is 1. The molecule has 2 aromatic rings. The molecule has 0 saturated heterocycles. The van der Waals surface area contributed by atoms with E-state index in [0.29, 0.717) is 0 Å². The van der Waals surface area contributed by atoms with E-state index < -0.39 is 21.7 Å². The lowest BCUT2D eigenvalue weighted by atomic mass is 10.2. The highest BCUT2D eigenvalue weighted by molar-refractivity contribution is 7.92. The van der Waals surface area contributed by atoms with E-state index in [0.717, 1.165) is 12.1 Å². The van der Waals surface area contributed by atoms with Gasteiger partial charge in [0.1, 0.15) is 5.82 Å². The topological polar surface area (TPSA) is 123 Å². The summed E-state index contributed by atoms with van der Waals surface area (Å²) in [5, 5.41) is 11.1. The fourth-order valence-corrected chi connectivity index (χ4v) is 2.61. The van der Waals surface area contributed by atoms with Crippen LogP contribution in [-0.4, -0.2) is 29.0 Å². The van der Waals surface area contributed by atoms with E-state index in [1.165, 1.54) is 23.2 Å². The molecule has 8 nitrogen and oxygen atoms in total. The number of amidine groups is 1. The predicted molar refractivity (Wildman–Crippen MR) is 72.9 cm³/mol.